The fourth-order valence-corrected chi connectivity index (χ4v) is 2.02. The van der Waals surface area contributed by atoms with Gasteiger partial charge in [0.25, 0.3) is 0 Å². The Morgan fingerprint density at radius 2 is 1.81 bits per heavy atom. The fraction of sp³-hybridized carbons (Fsp3) is 1.00. The molecule has 1 heterocycles. The molecule has 0 bridgehead atoms. The van der Waals surface area contributed by atoms with Gasteiger partial charge in [-0.2, -0.15) is 0 Å². The molecule has 0 amide bonds. The summed E-state index contributed by atoms with van der Waals surface area (Å²) in [6.45, 7) is 9.68. The second-order valence-corrected chi connectivity index (χ2v) is 4.91. The van der Waals surface area contributed by atoms with Crippen LogP contribution in [-0.4, -0.2) is 88.2 Å². The highest BCUT2D eigenvalue weighted by atomic mass is 15.3. The van der Waals surface area contributed by atoms with Crippen LogP contribution in [0, 0.1) is 0 Å². The van der Waals surface area contributed by atoms with Gasteiger partial charge in [0.1, 0.15) is 0 Å². The van der Waals surface area contributed by atoms with Crippen LogP contribution < -0.4 is 5.32 Å². The Balaban J connectivity index is 2.00. The third kappa shape index (κ3) is 5.80. The van der Waals surface area contributed by atoms with Crippen molar-refractivity contribution in [1.82, 2.24) is 20.0 Å². The molecule has 0 aliphatic carbocycles. The van der Waals surface area contributed by atoms with Gasteiger partial charge in [0.2, 0.25) is 0 Å². The summed E-state index contributed by atoms with van der Waals surface area (Å²) in [6, 6.07) is 0. The molecular formula is C12H28N4. The van der Waals surface area contributed by atoms with Crippen molar-refractivity contribution in [3.05, 3.63) is 0 Å². The zero-order valence-corrected chi connectivity index (χ0v) is 11.2. The highest BCUT2D eigenvalue weighted by molar-refractivity contribution is 4.70. The van der Waals surface area contributed by atoms with Crippen LogP contribution in [0.2, 0.25) is 0 Å². The standard InChI is InChI=1S/C12H28N4/c1-13-5-4-6-14(2)7-10-16-11-8-15(3)9-12-16/h13H,4-12H2,1-3H3. The summed E-state index contributed by atoms with van der Waals surface area (Å²) < 4.78 is 0. The van der Waals surface area contributed by atoms with Gasteiger partial charge in [-0.05, 0) is 40.7 Å². The predicted octanol–water partition coefficient (Wildman–Crippen LogP) is -0.225. The number of hydrogen-bond acceptors (Lipinski definition) is 4. The zero-order valence-electron chi connectivity index (χ0n) is 11.2. The first-order valence-electron chi connectivity index (χ1n) is 6.46. The molecule has 0 atom stereocenters. The van der Waals surface area contributed by atoms with E-state index in [1.807, 2.05) is 7.05 Å². The monoisotopic (exact) mass is 228 g/mol. The number of likely N-dealkylation sites (N-methyl/N-ethyl adjacent to an activating group) is 2. The molecule has 1 rings (SSSR count). The molecule has 1 fully saturated rings. The lowest BCUT2D eigenvalue weighted by Gasteiger charge is -2.33. The lowest BCUT2D eigenvalue weighted by molar-refractivity contribution is 0.140. The van der Waals surface area contributed by atoms with E-state index in [2.05, 4.69) is 34.1 Å². The third-order valence-electron chi connectivity index (χ3n) is 3.36. The molecule has 0 radical (unpaired) electrons. The van der Waals surface area contributed by atoms with Gasteiger partial charge in [-0.3, -0.25) is 4.90 Å². The van der Waals surface area contributed by atoms with Gasteiger partial charge in [-0.15, -0.1) is 0 Å². The second-order valence-electron chi connectivity index (χ2n) is 4.91. The Bertz CT molecular complexity index is 166. The van der Waals surface area contributed by atoms with Crippen molar-refractivity contribution < 1.29 is 0 Å². The Labute approximate surface area is 101 Å². The van der Waals surface area contributed by atoms with E-state index in [4.69, 9.17) is 0 Å². The molecule has 0 spiro atoms. The van der Waals surface area contributed by atoms with Gasteiger partial charge in [-0.1, -0.05) is 0 Å². The first kappa shape index (κ1) is 13.9. The molecule has 0 aromatic rings. The number of rotatable bonds is 7. The molecule has 0 aromatic carbocycles. The minimum atomic E-state index is 1.12. The van der Waals surface area contributed by atoms with Gasteiger partial charge in [0.15, 0.2) is 0 Å². The number of nitrogens with zero attached hydrogens (tertiary/aromatic N) is 3. The Morgan fingerprint density at radius 1 is 1.12 bits per heavy atom. The van der Waals surface area contributed by atoms with Crippen LogP contribution in [0.25, 0.3) is 0 Å². The Morgan fingerprint density at radius 3 is 2.44 bits per heavy atom. The lowest BCUT2D eigenvalue weighted by Crippen LogP contribution is -2.46. The first-order valence-corrected chi connectivity index (χ1v) is 6.46. The molecule has 0 aromatic heterocycles. The van der Waals surface area contributed by atoms with Crippen LogP contribution in [0.5, 0.6) is 0 Å². The van der Waals surface area contributed by atoms with E-state index in [0.29, 0.717) is 0 Å². The summed E-state index contributed by atoms with van der Waals surface area (Å²) in [4.78, 5) is 7.43. The molecular weight excluding hydrogens is 200 g/mol. The summed E-state index contributed by atoms with van der Waals surface area (Å²) in [7, 11) is 6.46. The van der Waals surface area contributed by atoms with Crippen molar-refractivity contribution in [2.45, 2.75) is 6.42 Å². The van der Waals surface area contributed by atoms with Crippen molar-refractivity contribution in [3.8, 4) is 0 Å². The zero-order chi connectivity index (χ0) is 11.8. The number of hydrogen-bond donors (Lipinski definition) is 1. The molecule has 1 aliphatic rings. The maximum absolute atomic E-state index is 3.19. The fourth-order valence-electron chi connectivity index (χ4n) is 2.02. The maximum Gasteiger partial charge on any atom is 0.0110 e. The van der Waals surface area contributed by atoms with Crippen LogP contribution in [0.4, 0.5) is 0 Å². The average Bonchev–Trinajstić information content (AvgIpc) is 2.29. The lowest BCUT2D eigenvalue weighted by atomic mass is 10.3. The largest absolute Gasteiger partial charge is 0.320 e. The minimum Gasteiger partial charge on any atom is -0.320 e. The summed E-state index contributed by atoms with van der Waals surface area (Å²) in [5.41, 5.74) is 0. The van der Waals surface area contributed by atoms with Crippen LogP contribution in [-0.2, 0) is 0 Å². The number of nitrogens with one attached hydrogen (secondary N) is 1. The first-order chi connectivity index (χ1) is 7.72. The van der Waals surface area contributed by atoms with Crippen molar-refractivity contribution in [2.24, 2.45) is 0 Å². The topological polar surface area (TPSA) is 21.8 Å². The van der Waals surface area contributed by atoms with Gasteiger partial charge in [-0.25, -0.2) is 0 Å². The van der Waals surface area contributed by atoms with Crippen molar-refractivity contribution in [3.63, 3.8) is 0 Å². The molecule has 1 saturated heterocycles. The highest BCUT2D eigenvalue weighted by Crippen LogP contribution is 1.99. The molecule has 1 aliphatic heterocycles. The summed E-state index contributed by atoms with van der Waals surface area (Å²) in [5.74, 6) is 0. The maximum atomic E-state index is 3.19. The summed E-state index contributed by atoms with van der Waals surface area (Å²) in [6.07, 6.45) is 1.25. The molecule has 4 heteroatoms. The molecule has 0 saturated carbocycles. The van der Waals surface area contributed by atoms with E-state index in [1.54, 1.807) is 0 Å². The summed E-state index contributed by atoms with van der Waals surface area (Å²) in [5, 5.41) is 3.19. The van der Waals surface area contributed by atoms with Gasteiger partial charge >= 0.3 is 0 Å². The van der Waals surface area contributed by atoms with Gasteiger partial charge in [0.05, 0.1) is 0 Å². The van der Waals surface area contributed by atoms with Gasteiger partial charge < -0.3 is 15.1 Å². The van der Waals surface area contributed by atoms with Crippen LogP contribution >= 0.6 is 0 Å². The average molecular weight is 228 g/mol. The van der Waals surface area contributed by atoms with E-state index >= 15 is 0 Å². The molecule has 4 nitrogen and oxygen atoms in total. The number of piperazine rings is 1. The predicted molar refractivity (Wildman–Crippen MR) is 70.0 cm³/mol. The smallest absolute Gasteiger partial charge is 0.0110 e. The van der Waals surface area contributed by atoms with Crippen molar-refractivity contribution in [1.29, 1.82) is 0 Å². The summed E-state index contributed by atoms with van der Waals surface area (Å²) >= 11 is 0. The Hall–Kier alpha value is -0.160. The van der Waals surface area contributed by atoms with Crippen molar-refractivity contribution in [2.75, 3.05) is 73.5 Å². The molecule has 16 heavy (non-hydrogen) atoms. The van der Waals surface area contributed by atoms with E-state index in [1.165, 1.54) is 52.2 Å². The molecule has 1 N–H and O–H groups in total. The van der Waals surface area contributed by atoms with Crippen LogP contribution in [0.15, 0.2) is 0 Å². The minimum absolute atomic E-state index is 1.12. The van der Waals surface area contributed by atoms with Crippen molar-refractivity contribution >= 4 is 0 Å². The SMILES string of the molecule is CNCCCN(C)CCN1CCN(C)CC1. The second kappa shape index (κ2) is 8.01. The third-order valence-corrected chi connectivity index (χ3v) is 3.36. The van der Waals surface area contributed by atoms with Gasteiger partial charge in [0, 0.05) is 39.3 Å². The Kier molecular flexibility index (Phi) is 6.96. The van der Waals surface area contributed by atoms with Crippen LogP contribution in [0.1, 0.15) is 6.42 Å². The normalized spacial score (nSPS) is 19.5. The molecule has 0 unspecified atom stereocenters. The van der Waals surface area contributed by atoms with Crippen LogP contribution in [0.3, 0.4) is 0 Å². The van der Waals surface area contributed by atoms with E-state index in [0.717, 1.165) is 6.54 Å². The quantitative estimate of drug-likeness (QED) is 0.608. The van der Waals surface area contributed by atoms with E-state index in [-0.39, 0.29) is 0 Å². The molecule has 96 valence electrons. The highest BCUT2D eigenvalue weighted by Gasteiger charge is 2.13. The van der Waals surface area contributed by atoms with E-state index < -0.39 is 0 Å². The van der Waals surface area contributed by atoms with E-state index in [9.17, 15) is 0 Å².